The molecule has 2 aromatic rings. The lowest BCUT2D eigenvalue weighted by Crippen LogP contribution is -2.38. The van der Waals surface area contributed by atoms with Crippen molar-refractivity contribution in [3.63, 3.8) is 0 Å². The molecule has 0 aliphatic carbocycles. The van der Waals surface area contributed by atoms with Gasteiger partial charge in [0.1, 0.15) is 6.54 Å². The number of anilines is 1. The quantitative estimate of drug-likeness (QED) is 0.777. The molecule has 0 saturated carbocycles. The summed E-state index contributed by atoms with van der Waals surface area (Å²) in [6.45, 7) is -0.557. The molecule has 1 amide bonds. The average molecular weight is 438 g/mol. The maximum atomic E-state index is 12.8. The van der Waals surface area contributed by atoms with Crippen LogP contribution >= 0.6 is 39.1 Å². The first-order chi connectivity index (χ1) is 10.7. The topological polar surface area (TPSA) is 80.5 Å². The van der Waals surface area contributed by atoms with Crippen LogP contribution in [0.25, 0.3) is 0 Å². The molecule has 0 bridgehead atoms. The predicted octanol–water partition coefficient (Wildman–Crippen LogP) is 3.44. The van der Waals surface area contributed by atoms with Gasteiger partial charge in [-0.2, -0.15) is 0 Å². The van der Waals surface area contributed by atoms with Crippen LogP contribution in [0.1, 0.15) is 0 Å². The van der Waals surface area contributed by atoms with Crippen LogP contribution in [0.4, 0.5) is 5.69 Å². The van der Waals surface area contributed by atoms with Gasteiger partial charge in [-0.25, -0.2) is 8.42 Å². The summed E-state index contributed by atoms with van der Waals surface area (Å²) in [6.07, 6.45) is 0. The lowest BCUT2D eigenvalue weighted by Gasteiger charge is -2.24. The number of nitrogens with two attached hydrogens (primary N) is 1. The van der Waals surface area contributed by atoms with Gasteiger partial charge in [-0.15, -0.1) is 0 Å². The second-order valence-corrected chi connectivity index (χ2v) is 8.07. The van der Waals surface area contributed by atoms with Crippen LogP contribution in [-0.2, 0) is 14.8 Å². The molecule has 2 rings (SSSR count). The highest BCUT2D eigenvalue weighted by molar-refractivity contribution is 9.10. The van der Waals surface area contributed by atoms with Crippen LogP contribution in [0.2, 0.25) is 10.0 Å². The van der Waals surface area contributed by atoms with Crippen LogP contribution in [0.3, 0.4) is 0 Å². The molecule has 23 heavy (non-hydrogen) atoms. The summed E-state index contributed by atoms with van der Waals surface area (Å²) in [4.78, 5) is 11.3. The Bertz CT molecular complexity index is 842. The van der Waals surface area contributed by atoms with Gasteiger partial charge in [-0.3, -0.25) is 9.10 Å². The van der Waals surface area contributed by atoms with E-state index < -0.39 is 22.5 Å². The Morgan fingerprint density at radius 2 is 1.74 bits per heavy atom. The van der Waals surface area contributed by atoms with Crippen molar-refractivity contribution in [3.05, 3.63) is 57.0 Å². The van der Waals surface area contributed by atoms with E-state index in [1.54, 1.807) is 12.1 Å². The fourth-order valence-corrected chi connectivity index (χ4v) is 4.01. The number of rotatable bonds is 5. The van der Waals surface area contributed by atoms with Crippen molar-refractivity contribution in [2.45, 2.75) is 4.90 Å². The second kappa shape index (κ2) is 7.09. The first-order valence-corrected chi connectivity index (χ1v) is 9.23. The summed E-state index contributed by atoms with van der Waals surface area (Å²) in [6, 6.07) is 10.5. The zero-order valence-electron chi connectivity index (χ0n) is 11.5. The van der Waals surface area contributed by atoms with E-state index >= 15 is 0 Å². The minimum absolute atomic E-state index is 0.00186. The number of carbonyl (C=O) groups excluding carboxylic acids is 1. The number of hydrogen-bond donors (Lipinski definition) is 1. The van der Waals surface area contributed by atoms with E-state index in [4.69, 9.17) is 28.9 Å². The van der Waals surface area contributed by atoms with Gasteiger partial charge in [-0.05, 0) is 36.4 Å². The summed E-state index contributed by atoms with van der Waals surface area (Å²) in [7, 11) is -4.04. The second-order valence-electron chi connectivity index (χ2n) is 4.50. The van der Waals surface area contributed by atoms with Crippen molar-refractivity contribution in [3.8, 4) is 0 Å². The zero-order chi connectivity index (χ0) is 17.2. The number of primary amides is 1. The van der Waals surface area contributed by atoms with Crippen molar-refractivity contribution in [1.29, 1.82) is 0 Å². The maximum absolute atomic E-state index is 12.8. The molecule has 0 aliphatic heterocycles. The van der Waals surface area contributed by atoms with Crippen LogP contribution in [0.15, 0.2) is 51.8 Å². The zero-order valence-corrected chi connectivity index (χ0v) is 15.5. The number of sulfonamides is 1. The lowest BCUT2D eigenvalue weighted by atomic mass is 10.3. The standard InChI is InChI=1S/C14H11BrCl2N2O3S/c15-9-4-6-10(7-5-9)23(21,22)19(8-13(18)20)12-3-1-2-11(16)14(12)17/h1-7H,8H2,(H2,18,20). The van der Waals surface area contributed by atoms with Gasteiger partial charge >= 0.3 is 0 Å². The molecule has 2 N–H and O–H groups in total. The minimum Gasteiger partial charge on any atom is -0.368 e. The smallest absolute Gasteiger partial charge is 0.264 e. The average Bonchev–Trinajstić information content (AvgIpc) is 2.48. The Morgan fingerprint density at radius 1 is 1.13 bits per heavy atom. The molecular weight excluding hydrogens is 427 g/mol. The summed E-state index contributed by atoms with van der Waals surface area (Å²) >= 11 is 15.3. The van der Waals surface area contributed by atoms with Crippen molar-refractivity contribution in [2.24, 2.45) is 5.73 Å². The van der Waals surface area contributed by atoms with Crippen LogP contribution < -0.4 is 10.0 Å². The number of hydrogen-bond acceptors (Lipinski definition) is 3. The summed E-state index contributed by atoms with van der Waals surface area (Å²) in [5.41, 5.74) is 5.27. The maximum Gasteiger partial charge on any atom is 0.264 e. The molecule has 0 radical (unpaired) electrons. The first-order valence-electron chi connectivity index (χ1n) is 6.24. The van der Waals surface area contributed by atoms with E-state index in [2.05, 4.69) is 15.9 Å². The molecular formula is C14H11BrCl2N2O3S. The Hall–Kier alpha value is -1.28. The Kier molecular flexibility index (Phi) is 5.57. The van der Waals surface area contributed by atoms with Gasteiger partial charge in [0.25, 0.3) is 10.0 Å². The number of carbonyl (C=O) groups is 1. The van der Waals surface area contributed by atoms with Gasteiger partial charge in [0.2, 0.25) is 5.91 Å². The SMILES string of the molecule is NC(=O)CN(c1cccc(Cl)c1Cl)S(=O)(=O)c1ccc(Br)cc1. The number of benzene rings is 2. The molecule has 0 atom stereocenters. The minimum atomic E-state index is -4.04. The molecule has 0 saturated heterocycles. The lowest BCUT2D eigenvalue weighted by molar-refractivity contribution is -0.116. The molecule has 0 aliphatic rings. The van der Waals surface area contributed by atoms with Crippen LogP contribution in [0, 0.1) is 0 Å². The third-order valence-electron chi connectivity index (χ3n) is 2.90. The third kappa shape index (κ3) is 3.98. The van der Waals surface area contributed by atoms with E-state index in [0.29, 0.717) is 0 Å². The van der Waals surface area contributed by atoms with E-state index in [-0.39, 0.29) is 20.6 Å². The summed E-state index contributed by atoms with van der Waals surface area (Å²) in [5, 5.41) is 0.195. The summed E-state index contributed by atoms with van der Waals surface area (Å²) in [5.74, 6) is -0.818. The third-order valence-corrected chi connectivity index (χ3v) is 6.01. The Morgan fingerprint density at radius 3 is 2.30 bits per heavy atom. The van der Waals surface area contributed by atoms with Gasteiger partial charge in [0, 0.05) is 4.47 Å². The van der Waals surface area contributed by atoms with Crippen molar-refractivity contribution >= 4 is 60.7 Å². The molecule has 0 heterocycles. The number of nitrogens with zero attached hydrogens (tertiary/aromatic N) is 1. The van der Waals surface area contributed by atoms with E-state index in [1.807, 2.05) is 0 Å². The van der Waals surface area contributed by atoms with Crippen molar-refractivity contribution in [1.82, 2.24) is 0 Å². The molecule has 0 spiro atoms. The molecule has 9 heteroatoms. The van der Waals surface area contributed by atoms with Gasteiger partial charge in [0.05, 0.1) is 20.6 Å². The predicted molar refractivity (Wildman–Crippen MR) is 94.3 cm³/mol. The van der Waals surface area contributed by atoms with Gasteiger partial charge in [-0.1, -0.05) is 45.2 Å². The van der Waals surface area contributed by atoms with Crippen LogP contribution in [-0.4, -0.2) is 20.9 Å². The molecule has 2 aromatic carbocycles. The van der Waals surface area contributed by atoms with E-state index in [9.17, 15) is 13.2 Å². The Balaban J connectivity index is 2.60. The van der Waals surface area contributed by atoms with Gasteiger partial charge < -0.3 is 5.73 Å². The monoisotopic (exact) mass is 436 g/mol. The highest BCUT2D eigenvalue weighted by Gasteiger charge is 2.28. The fourth-order valence-electron chi connectivity index (χ4n) is 1.86. The van der Waals surface area contributed by atoms with Crippen LogP contribution in [0.5, 0.6) is 0 Å². The number of amides is 1. The normalized spacial score (nSPS) is 11.3. The van der Waals surface area contributed by atoms with Crippen molar-refractivity contribution < 1.29 is 13.2 Å². The summed E-state index contributed by atoms with van der Waals surface area (Å²) < 4.78 is 27.2. The molecule has 0 unspecified atom stereocenters. The molecule has 122 valence electrons. The molecule has 0 fully saturated rings. The van der Waals surface area contributed by atoms with E-state index in [0.717, 1.165) is 8.78 Å². The molecule has 0 aromatic heterocycles. The largest absolute Gasteiger partial charge is 0.368 e. The fraction of sp³-hybridized carbons (Fsp3) is 0.0714. The van der Waals surface area contributed by atoms with Gasteiger partial charge in [0.15, 0.2) is 0 Å². The van der Waals surface area contributed by atoms with Crippen molar-refractivity contribution in [2.75, 3.05) is 10.8 Å². The first kappa shape index (κ1) is 18.1. The highest BCUT2D eigenvalue weighted by Crippen LogP contribution is 2.35. The molecule has 5 nitrogen and oxygen atoms in total. The number of halogens is 3. The van der Waals surface area contributed by atoms with E-state index in [1.165, 1.54) is 30.3 Å². The highest BCUT2D eigenvalue weighted by atomic mass is 79.9. The Labute approximate surface area is 152 Å².